The maximum atomic E-state index is 14.0. The van der Waals surface area contributed by atoms with Crippen molar-refractivity contribution < 1.29 is 18.7 Å². The van der Waals surface area contributed by atoms with Gasteiger partial charge in [0.25, 0.3) is 17.4 Å². The first-order chi connectivity index (χ1) is 12.9. The Kier molecular flexibility index (Phi) is 5.32. The fourth-order valence-electron chi connectivity index (χ4n) is 2.78. The summed E-state index contributed by atoms with van der Waals surface area (Å²) in [4.78, 5) is 31.6. The van der Waals surface area contributed by atoms with Crippen LogP contribution in [0.2, 0.25) is 5.02 Å². The molecule has 0 saturated heterocycles. The van der Waals surface area contributed by atoms with Gasteiger partial charge in [-0.1, -0.05) is 24.9 Å². The van der Waals surface area contributed by atoms with Crippen LogP contribution in [0.5, 0.6) is 5.75 Å². The van der Waals surface area contributed by atoms with Crippen molar-refractivity contribution >= 4 is 34.9 Å². The van der Waals surface area contributed by atoms with E-state index in [4.69, 9.17) is 16.3 Å². The summed E-state index contributed by atoms with van der Waals surface area (Å²) in [7, 11) is 0. The van der Waals surface area contributed by atoms with Crippen LogP contribution in [0.1, 0.15) is 26.7 Å². The van der Waals surface area contributed by atoms with Crippen LogP contribution in [0.3, 0.4) is 0 Å². The number of fused-ring (bicyclic) bond motifs is 1. The first-order valence-corrected chi connectivity index (χ1v) is 8.97. The van der Waals surface area contributed by atoms with E-state index in [1.807, 2.05) is 6.92 Å². The van der Waals surface area contributed by atoms with Gasteiger partial charge in [0.15, 0.2) is 11.6 Å². The smallest absolute Gasteiger partial charge is 0.282 e. The second-order valence-corrected chi connectivity index (χ2v) is 6.79. The zero-order valence-electron chi connectivity index (χ0n) is 15.0. The standard InChI is InChI=1S/C19H19ClFN3O3/c1-3-4-10-24-16-15(6-5-9-22-16)27-19(2,18(24)26)17(25)23-14-8-7-12(20)11-13(14)21/h5-9,11H,3-4,10H2,1-2H3,(H,23,25)/t19-/m0/s1. The first kappa shape index (κ1) is 19.1. The van der Waals surface area contributed by atoms with Gasteiger partial charge in [-0.3, -0.25) is 14.5 Å². The number of amides is 2. The lowest BCUT2D eigenvalue weighted by Gasteiger charge is -2.38. The number of unbranched alkanes of at least 4 members (excludes halogenated alkanes) is 1. The van der Waals surface area contributed by atoms with Gasteiger partial charge >= 0.3 is 0 Å². The molecular formula is C19H19ClFN3O3. The lowest BCUT2D eigenvalue weighted by Crippen LogP contribution is -2.61. The van der Waals surface area contributed by atoms with Crippen molar-refractivity contribution in [3.05, 3.63) is 47.4 Å². The molecule has 0 unspecified atom stereocenters. The van der Waals surface area contributed by atoms with E-state index in [2.05, 4.69) is 10.3 Å². The molecule has 0 fully saturated rings. The molecule has 0 bridgehead atoms. The molecule has 0 radical (unpaired) electrons. The third kappa shape index (κ3) is 3.60. The average Bonchev–Trinajstić information content (AvgIpc) is 2.64. The van der Waals surface area contributed by atoms with Gasteiger partial charge in [0.1, 0.15) is 5.82 Å². The van der Waals surface area contributed by atoms with E-state index in [1.165, 1.54) is 24.0 Å². The summed E-state index contributed by atoms with van der Waals surface area (Å²) >= 11 is 5.73. The van der Waals surface area contributed by atoms with E-state index in [-0.39, 0.29) is 10.7 Å². The van der Waals surface area contributed by atoms with Crippen molar-refractivity contribution in [1.82, 2.24) is 4.98 Å². The molecule has 3 rings (SSSR count). The molecule has 1 aliphatic heterocycles. The molecule has 1 aliphatic rings. The van der Waals surface area contributed by atoms with E-state index >= 15 is 0 Å². The van der Waals surface area contributed by atoms with Crippen molar-refractivity contribution in [3.63, 3.8) is 0 Å². The summed E-state index contributed by atoms with van der Waals surface area (Å²) in [5.41, 5.74) is -1.94. The molecule has 2 heterocycles. The third-order valence-electron chi connectivity index (χ3n) is 4.32. The van der Waals surface area contributed by atoms with E-state index in [0.29, 0.717) is 18.1 Å². The van der Waals surface area contributed by atoms with E-state index in [1.54, 1.807) is 18.3 Å². The largest absolute Gasteiger partial charge is 0.464 e. The Labute approximate surface area is 161 Å². The Morgan fingerprint density at radius 1 is 1.41 bits per heavy atom. The molecule has 1 aromatic heterocycles. The molecule has 0 saturated carbocycles. The molecule has 1 N–H and O–H groups in total. The van der Waals surface area contributed by atoms with Crippen LogP contribution < -0.4 is 15.0 Å². The highest BCUT2D eigenvalue weighted by atomic mass is 35.5. The van der Waals surface area contributed by atoms with Gasteiger partial charge in [-0.15, -0.1) is 0 Å². The highest BCUT2D eigenvalue weighted by Crippen LogP contribution is 2.36. The molecule has 142 valence electrons. The Morgan fingerprint density at radius 2 is 2.19 bits per heavy atom. The van der Waals surface area contributed by atoms with Crippen molar-refractivity contribution in [2.75, 3.05) is 16.8 Å². The molecule has 2 amide bonds. The Balaban J connectivity index is 1.93. The molecule has 1 atom stereocenters. The molecule has 6 nitrogen and oxygen atoms in total. The number of hydrogen-bond acceptors (Lipinski definition) is 4. The monoisotopic (exact) mass is 391 g/mol. The first-order valence-electron chi connectivity index (χ1n) is 8.59. The Bertz CT molecular complexity index is 892. The lowest BCUT2D eigenvalue weighted by atomic mass is 10.0. The van der Waals surface area contributed by atoms with E-state index < -0.39 is 23.2 Å². The number of halogens is 2. The molecule has 2 aromatic rings. The molecule has 0 aliphatic carbocycles. The normalized spacial score (nSPS) is 18.7. The second kappa shape index (κ2) is 7.52. The third-order valence-corrected chi connectivity index (χ3v) is 4.56. The Morgan fingerprint density at radius 3 is 2.89 bits per heavy atom. The minimum absolute atomic E-state index is 0.0842. The highest BCUT2D eigenvalue weighted by molar-refractivity contribution is 6.30. The topological polar surface area (TPSA) is 71.5 Å². The maximum Gasteiger partial charge on any atom is 0.282 e. The number of anilines is 2. The summed E-state index contributed by atoms with van der Waals surface area (Å²) in [6.45, 7) is 3.77. The minimum Gasteiger partial charge on any atom is -0.464 e. The van der Waals surface area contributed by atoms with Gasteiger partial charge in [0.2, 0.25) is 0 Å². The van der Waals surface area contributed by atoms with Crippen molar-refractivity contribution in [3.8, 4) is 5.75 Å². The zero-order valence-corrected chi connectivity index (χ0v) is 15.7. The van der Waals surface area contributed by atoms with Crippen LogP contribution in [0.25, 0.3) is 0 Å². The number of pyridine rings is 1. The SMILES string of the molecule is CCCCN1C(=O)[C@](C)(C(=O)Nc2ccc(Cl)cc2F)Oc2cccnc21. The maximum absolute atomic E-state index is 14.0. The van der Waals surface area contributed by atoms with Crippen LogP contribution >= 0.6 is 11.6 Å². The fraction of sp³-hybridized carbons (Fsp3) is 0.316. The number of rotatable bonds is 5. The van der Waals surface area contributed by atoms with Crippen molar-refractivity contribution in [2.24, 2.45) is 0 Å². The summed E-state index contributed by atoms with van der Waals surface area (Å²) in [6, 6.07) is 7.15. The molecule has 0 spiro atoms. The quantitative estimate of drug-likeness (QED) is 0.787. The van der Waals surface area contributed by atoms with Gasteiger partial charge < -0.3 is 10.1 Å². The highest BCUT2D eigenvalue weighted by Gasteiger charge is 2.51. The lowest BCUT2D eigenvalue weighted by molar-refractivity contribution is -0.145. The minimum atomic E-state index is -1.85. The van der Waals surface area contributed by atoms with Crippen LogP contribution in [0, 0.1) is 5.82 Å². The summed E-state index contributed by atoms with van der Waals surface area (Å²) in [5, 5.41) is 2.62. The van der Waals surface area contributed by atoms with Crippen molar-refractivity contribution in [1.29, 1.82) is 0 Å². The van der Waals surface area contributed by atoms with Crippen LogP contribution in [0.4, 0.5) is 15.9 Å². The van der Waals surface area contributed by atoms with E-state index in [9.17, 15) is 14.0 Å². The number of carbonyl (C=O) groups excluding carboxylic acids is 2. The number of aromatic nitrogens is 1. The number of carbonyl (C=O) groups is 2. The number of benzene rings is 1. The summed E-state index contributed by atoms with van der Waals surface area (Å²) in [6.07, 6.45) is 3.16. The van der Waals surface area contributed by atoms with Gasteiger partial charge in [0.05, 0.1) is 5.69 Å². The molecule has 27 heavy (non-hydrogen) atoms. The zero-order chi connectivity index (χ0) is 19.6. The average molecular weight is 392 g/mol. The van der Waals surface area contributed by atoms with Crippen LogP contribution in [-0.2, 0) is 9.59 Å². The number of hydrogen-bond donors (Lipinski definition) is 1. The number of nitrogens with one attached hydrogen (secondary N) is 1. The van der Waals surface area contributed by atoms with Gasteiger partial charge in [-0.05, 0) is 43.7 Å². The van der Waals surface area contributed by atoms with E-state index in [0.717, 1.165) is 18.9 Å². The summed E-state index contributed by atoms with van der Waals surface area (Å²) < 4.78 is 19.8. The summed E-state index contributed by atoms with van der Waals surface area (Å²) in [5.74, 6) is -1.33. The predicted molar refractivity (Wildman–Crippen MR) is 101 cm³/mol. The molecule has 1 aromatic carbocycles. The Hall–Kier alpha value is -2.67. The van der Waals surface area contributed by atoms with Crippen molar-refractivity contribution in [2.45, 2.75) is 32.3 Å². The van der Waals surface area contributed by atoms with Crippen LogP contribution in [-0.4, -0.2) is 28.9 Å². The predicted octanol–water partition coefficient (Wildman–Crippen LogP) is 3.80. The second-order valence-electron chi connectivity index (χ2n) is 6.35. The fourth-order valence-corrected chi connectivity index (χ4v) is 2.94. The van der Waals surface area contributed by atoms with Crippen LogP contribution in [0.15, 0.2) is 36.5 Å². The van der Waals surface area contributed by atoms with Gasteiger partial charge in [-0.2, -0.15) is 0 Å². The molecular weight excluding hydrogens is 373 g/mol. The van der Waals surface area contributed by atoms with Gasteiger partial charge in [-0.25, -0.2) is 9.37 Å². The molecule has 8 heteroatoms. The number of ether oxygens (including phenoxy) is 1. The van der Waals surface area contributed by atoms with Gasteiger partial charge in [0, 0.05) is 17.8 Å². The number of nitrogens with zero attached hydrogens (tertiary/aromatic N) is 2.